The van der Waals surface area contributed by atoms with Crippen LogP contribution in [-0.4, -0.2) is 37.3 Å². The number of methoxy groups -OCH3 is 1. The van der Waals surface area contributed by atoms with Gasteiger partial charge < -0.3 is 14.8 Å². The first kappa shape index (κ1) is 17.7. The zero-order valence-electron chi connectivity index (χ0n) is 13.8. The molecule has 1 unspecified atom stereocenters. The molecule has 0 fully saturated rings. The highest BCUT2D eigenvalue weighted by atomic mass is 16.5. The number of carbonyl (C=O) groups is 4. The second-order valence-corrected chi connectivity index (χ2v) is 5.56. The number of amides is 1. The Kier molecular flexibility index (Phi) is 5.02. The number of hydrogen-bond acceptors (Lipinski definition) is 6. The predicted molar refractivity (Wildman–Crippen MR) is 84.6 cm³/mol. The summed E-state index contributed by atoms with van der Waals surface area (Å²) in [6.45, 7) is 3.27. The summed E-state index contributed by atoms with van der Waals surface area (Å²) in [5, 5.41) is 2.63. The first-order valence-corrected chi connectivity index (χ1v) is 7.57. The SMILES string of the molecule is CCOC(=O)C1(C)C(=O)Nc2ccc(C(=O)CCC(=O)OC)cc21. The third-order valence-corrected chi connectivity index (χ3v) is 4.05. The molecule has 0 bridgehead atoms. The van der Waals surface area contributed by atoms with Gasteiger partial charge in [0.15, 0.2) is 11.2 Å². The molecular formula is C17H19NO6. The molecular weight excluding hydrogens is 314 g/mol. The van der Waals surface area contributed by atoms with Crippen molar-refractivity contribution in [2.24, 2.45) is 0 Å². The van der Waals surface area contributed by atoms with Gasteiger partial charge in [-0.05, 0) is 32.0 Å². The van der Waals surface area contributed by atoms with Crippen LogP contribution in [0.1, 0.15) is 42.6 Å². The molecule has 0 saturated heterocycles. The maximum atomic E-state index is 12.2. The number of nitrogens with one attached hydrogen (secondary N) is 1. The second-order valence-electron chi connectivity index (χ2n) is 5.56. The van der Waals surface area contributed by atoms with Gasteiger partial charge >= 0.3 is 11.9 Å². The highest BCUT2D eigenvalue weighted by molar-refractivity contribution is 6.19. The Balaban J connectivity index is 2.31. The number of Topliss-reactive ketones (excluding diaryl/α,β-unsaturated/α-hetero) is 1. The zero-order valence-corrected chi connectivity index (χ0v) is 13.8. The van der Waals surface area contributed by atoms with E-state index in [-0.39, 0.29) is 25.2 Å². The molecule has 2 rings (SSSR count). The van der Waals surface area contributed by atoms with Crippen LogP contribution in [-0.2, 0) is 29.3 Å². The van der Waals surface area contributed by atoms with Gasteiger partial charge in [0.2, 0.25) is 5.91 Å². The van der Waals surface area contributed by atoms with Crippen molar-refractivity contribution in [3.05, 3.63) is 29.3 Å². The number of hydrogen-bond donors (Lipinski definition) is 1. The van der Waals surface area contributed by atoms with Gasteiger partial charge in [0.25, 0.3) is 0 Å². The van der Waals surface area contributed by atoms with Gasteiger partial charge in [0.1, 0.15) is 0 Å². The Morgan fingerprint density at radius 3 is 2.54 bits per heavy atom. The van der Waals surface area contributed by atoms with Crippen LogP contribution < -0.4 is 5.32 Å². The summed E-state index contributed by atoms with van der Waals surface area (Å²) in [4.78, 5) is 47.9. The molecule has 1 atom stereocenters. The molecule has 0 saturated carbocycles. The van der Waals surface area contributed by atoms with Crippen LogP contribution in [0.15, 0.2) is 18.2 Å². The van der Waals surface area contributed by atoms with Gasteiger partial charge in [0.05, 0.1) is 20.1 Å². The standard InChI is InChI=1S/C17H19NO6/c1-4-24-16(22)17(2)11-9-10(5-6-12(11)18-15(17)21)13(19)7-8-14(20)23-3/h5-6,9H,4,7-8H2,1-3H3,(H,18,21). The van der Waals surface area contributed by atoms with Gasteiger partial charge in [-0.25, -0.2) is 0 Å². The smallest absolute Gasteiger partial charge is 0.326 e. The summed E-state index contributed by atoms with van der Waals surface area (Å²) in [6, 6.07) is 4.63. The molecule has 7 nitrogen and oxygen atoms in total. The van der Waals surface area contributed by atoms with Crippen LogP contribution in [0.4, 0.5) is 5.69 Å². The van der Waals surface area contributed by atoms with E-state index in [1.165, 1.54) is 20.1 Å². The van der Waals surface area contributed by atoms with E-state index in [2.05, 4.69) is 10.1 Å². The van der Waals surface area contributed by atoms with Gasteiger partial charge in [-0.1, -0.05) is 0 Å². The Morgan fingerprint density at radius 2 is 1.92 bits per heavy atom. The second kappa shape index (κ2) is 6.82. The third-order valence-electron chi connectivity index (χ3n) is 4.05. The van der Waals surface area contributed by atoms with Crippen molar-refractivity contribution >= 4 is 29.3 Å². The van der Waals surface area contributed by atoms with Crippen molar-refractivity contribution < 1.29 is 28.7 Å². The lowest BCUT2D eigenvalue weighted by molar-refractivity contribution is -0.152. The summed E-state index contributed by atoms with van der Waals surface area (Å²) < 4.78 is 9.51. The fourth-order valence-electron chi connectivity index (χ4n) is 2.55. The molecule has 0 aromatic heterocycles. The number of benzene rings is 1. The molecule has 7 heteroatoms. The maximum absolute atomic E-state index is 12.2. The molecule has 0 radical (unpaired) electrons. The van der Waals surface area contributed by atoms with Gasteiger partial charge in [-0.15, -0.1) is 0 Å². The maximum Gasteiger partial charge on any atom is 0.326 e. The number of carbonyl (C=O) groups excluding carboxylic acids is 4. The minimum atomic E-state index is -1.50. The van der Waals surface area contributed by atoms with Crippen molar-refractivity contribution in [1.82, 2.24) is 0 Å². The summed E-state index contributed by atoms with van der Waals surface area (Å²) in [5.41, 5.74) is -0.302. The molecule has 1 aromatic rings. The normalized spacial score (nSPS) is 18.5. The van der Waals surface area contributed by atoms with E-state index >= 15 is 0 Å². The number of rotatable bonds is 6. The minimum absolute atomic E-state index is 0.0110. The molecule has 128 valence electrons. The van der Waals surface area contributed by atoms with Crippen molar-refractivity contribution in [2.45, 2.75) is 32.1 Å². The quantitative estimate of drug-likeness (QED) is 0.482. The fraction of sp³-hybridized carbons (Fsp3) is 0.412. The van der Waals surface area contributed by atoms with E-state index in [9.17, 15) is 19.2 Å². The molecule has 0 aliphatic carbocycles. The van der Waals surface area contributed by atoms with Crippen molar-refractivity contribution in [3.8, 4) is 0 Å². The molecule has 1 aliphatic rings. The molecule has 1 N–H and O–H groups in total. The summed E-state index contributed by atoms with van der Waals surface area (Å²) in [5.74, 6) is -1.90. The zero-order chi connectivity index (χ0) is 17.9. The van der Waals surface area contributed by atoms with Gasteiger partial charge in [-0.3, -0.25) is 19.2 Å². The lowest BCUT2D eigenvalue weighted by Gasteiger charge is -2.20. The minimum Gasteiger partial charge on any atom is -0.469 e. The molecule has 1 amide bonds. The van der Waals surface area contributed by atoms with E-state index in [4.69, 9.17) is 4.74 Å². The largest absolute Gasteiger partial charge is 0.469 e. The highest BCUT2D eigenvalue weighted by Crippen LogP contribution is 2.39. The molecule has 0 spiro atoms. The number of esters is 2. The van der Waals surface area contributed by atoms with E-state index in [0.717, 1.165) is 0 Å². The molecule has 24 heavy (non-hydrogen) atoms. The number of ether oxygens (including phenoxy) is 2. The number of fused-ring (bicyclic) bond motifs is 1. The van der Waals surface area contributed by atoms with Crippen LogP contribution in [0.5, 0.6) is 0 Å². The van der Waals surface area contributed by atoms with Crippen LogP contribution in [0, 0.1) is 0 Å². The Morgan fingerprint density at radius 1 is 1.21 bits per heavy atom. The average Bonchev–Trinajstić information content (AvgIpc) is 2.84. The fourth-order valence-corrected chi connectivity index (χ4v) is 2.55. The number of ketones is 1. The van der Waals surface area contributed by atoms with Crippen molar-refractivity contribution in [2.75, 3.05) is 19.0 Å². The van der Waals surface area contributed by atoms with Crippen molar-refractivity contribution in [1.29, 1.82) is 0 Å². The van der Waals surface area contributed by atoms with Crippen LogP contribution in [0.3, 0.4) is 0 Å². The van der Waals surface area contributed by atoms with Crippen LogP contribution >= 0.6 is 0 Å². The van der Waals surface area contributed by atoms with Crippen LogP contribution in [0.25, 0.3) is 0 Å². The Hall–Kier alpha value is -2.70. The van der Waals surface area contributed by atoms with Crippen molar-refractivity contribution in [3.63, 3.8) is 0 Å². The summed E-state index contributed by atoms with van der Waals surface area (Å²) in [7, 11) is 1.25. The topological polar surface area (TPSA) is 98.8 Å². The van der Waals surface area contributed by atoms with Gasteiger partial charge in [-0.2, -0.15) is 0 Å². The average molecular weight is 333 g/mol. The Labute approximate surface area is 139 Å². The third kappa shape index (κ3) is 3.02. The van der Waals surface area contributed by atoms with E-state index in [1.807, 2.05) is 0 Å². The van der Waals surface area contributed by atoms with Gasteiger partial charge in [0, 0.05) is 23.2 Å². The summed E-state index contributed by atoms with van der Waals surface area (Å²) >= 11 is 0. The lowest BCUT2D eigenvalue weighted by Crippen LogP contribution is -2.41. The van der Waals surface area contributed by atoms with E-state index in [0.29, 0.717) is 16.8 Å². The van der Waals surface area contributed by atoms with E-state index < -0.39 is 23.3 Å². The highest BCUT2D eigenvalue weighted by Gasteiger charge is 2.50. The lowest BCUT2D eigenvalue weighted by atomic mass is 9.82. The van der Waals surface area contributed by atoms with E-state index in [1.54, 1.807) is 19.1 Å². The first-order valence-electron chi connectivity index (χ1n) is 7.57. The molecule has 1 heterocycles. The number of anilines is 1. The monoisotopic (exact) mass is 333 g/mol. The summed E-state index contributed by atoms with van der Waals surface area (Å²) in [6.07, 6.45) is -0.0400. The van der Waals surface area contributed by atoms with Crippen LogP contribution in [0.2, 0.25) is 0 Å². The molecule has 1 aromatic carbocycles. The molecule has 1 aliphatic heterocycles. The predicted octanol–water partition coefficient (Wildman–Crippen LogP) is 1.60. The first-order chi connectivity index (χ1) is 11.3. The Bertz CT molecular complexity index is 711.